The second kappa shape index (κ2) is 17.1. The summed E-state index contributed by atoms with van der Waals surface area (Å²) < 4.78 is 0. The van der Waals surface area contributed by atoms with Gasteiger partial charge in [-0.1, -0.05) is 35.4 Å². The van der Waals surface area contributed by atoms with E-state index in [9.17, 15) is 24.0 Å². The molecule has 3 rings (SSSR count). The number of nitrogens with zero attached hydrogens (tertiary/aromatic N) is 2. The molecule has 2 aromatic rings. The Balaban J connectivity index is 0.000000714. The van der Waals surface area contributed by atoms with E-state index < -0.39 is 17.9 Å². The Morgan fingerprint density at radius 3 is 2.37 bits per heavy atom. The summed E-state index contributed by atoms with van der Waals surface area (Å²) in [5.74, 6) is -1.69. The van der Waals surface area contributed by atoms with E-state index in [2.05, 4.69) is 10.6 Å². The van der Waals surface area contributed by atoms with Gasteiger partial charge in [-0.3, -0.25) is 29.3 Å². The van der Waals surface area contributed by atoms with Crippen molar-refractivity contribution in [3.05, 3.63) is 81.4 Å². The largest absolute Gasteiger partial charge is 0.699 e. The fourth-order valence-corrected chi connectivity index (χ4v) is 3.89. The first-order chi connectivity index (χ1) is 18.8. The van der Waals surface area contributed by atoms with Crippen LogP contribution in [0, 0.1) is 6.92 Å². The number of halogens is 1. The molecule has 4 N–H and O–H groups in total. The van der Waals surface area contributed by atoms with Crippen LogP contribution < -0.4 is 10.6 Å². The molecule has 0 saturated carbocycles. The third-order valence-corrected chi connectivity index (χ3v) is 6.28. The van der Waals surface area contributed by atoms with Crippen molar-refractivity contribution >= 4 is 52.8 Å². The second-order valence-corrected chi connectivity index (χ2v) is 9.89. The Hall–Kier alpha value is -2.96. The quantitative estimate of drug-likeness (QED) is 0.178. The van der Waals surface area contributed by atoms with E-state index in [0.29, 0.717) is 33.8 Å². The van der Waals surface area contributed by atoms with Crippen LogP contribution in [0.3, 0.4) is 0 Å². The number of imide groups is 1. The number of allylic oxidation sites excluding steroid dienone is 1. The van der Waals surface area contributed by atoms with E-state index in [1.807, 2.05) is 13.0 Å². The van der Waals surface area contributed by atoms with Crippen molar-refractivity contribution in [3.63, 3.8) is 0 Å². The van der Waals surface area contributed by atoms with Gasteiger partial charge in [0, 0.05) is 68.5 Å². The Labute approximate surface area is 269 Å². The number of Topliss-reactive ketones (excluding diaryl/α,β-unsaturated/α-hetero) is 1. The van der Waals surface area contributed by atoms with Crippen LogP contribution in [-0.4, -0.2) is 73.3 Å². The number of aryl methyl sites for hydroxylation is 1. The molecule has 1 heterocycles. The number of anilines is 1. The van der Waals surface area contributed by atoms with Crippen LogP contribution in [0.5, 0.6) is 0 Å². The van der Waals surface area contributed by atoms with Crippen LogP contribution in [0.4, 0.5) is 11.4 Å². The third kappa shape index (κ3) is 11.4. The zero-order valence-corrected chi connectivity index (χ0v) is 27.0. The normalized spacial score (nSPS) is 14.7. The van der Waals surface area contributed by atoms with Crippen molar-refractivity contribution < 1.29 is 56.7 Å². The SMILES string of the molecule is CN(C)CC(=O)c1cc(C[NH-])cc(N/C(C=O)=C/C(=O)N(C)C2CCC(=O)NC2=O)c1.Cc1ccc([NH-])cc1Cl.[Y]. The number of hydrogen-bond donors (Lipinski definition) is 2. The summed E-state index contributed by atoms with van der Waals surface area (Å²) in [5.41, 5.74) is 17.5. The maximum atomic E-state index is 12.5. The van der Waals surface area contributed by atoms with E-state index in [1.165, 1.54) is 11.9 Å². The van der Waals surface area contributed by atoms with Gasteiger partial charge in [0.15, 0.2) is 12.1 Å². The van der Waals surface area contributed by atoms with Crippen LogP contribution in [0.15, 0.2) is 48.2 Å². The predicted octanol–water partition coefficient (Wildman–Crippen LogP) is 4.07. The van der Waals surface area contributed by atoms with E-state index in [4.69, 9.17) is 23.1 Å². The van der Waals surface area contributed by atoms with E-state index in [-0.39, 0.29) is 76.0 Å². The molecule has 1 aliphatic heterocycles. The van der Waals surface area contributed by atoms with Gasteiger partial charge in [0.25, 0.3) is 0 Å². The number of rotatable bonds is 9. The van der Waals surface area contributed by atoms with E-state index >= 15 is 0 Å². The first-order valence-electron chi connectivity index (χ1n) is 12.3. The summed E-state index contributed by atoms with van der Waals surface area (Å²) in [6, 6.07) is 9.18. The second-order valence-electron chi connectivity index (χ2n) is 9.48. The molecule has 0 aromatic heterocycles. The average molecular weight is 658 g/mol. The van der Waals surface area contributed by atoms with Gasteiger partial charge in [0.2, 0.25) is 17.7 Å². The molecule has 1 radical (unpaired) electrons. The molecule has 3 amide bonds. The topological polar surface area (TPSA) is 163 Å². The number of aldehydes is 1. The van der Waals surface area contributed by atoms with Crippen LogP contribution in [0.1, 0.15) is 34.3 Å². The van der Waals surface area contributed by atoms with Crippen LogP contribution in [0.2, 0.25) is 5.02 Å². The average Bonchev–Trinajstić information content (AvgIpc) is 2.89. The maximum absolute atomic E-state index is 12.5. The Morgan fingerprint density at radius 2 is 1.83 bits per heavy atom. The van der Waals surface area contributed by atoms with Gasteiger partial charge < -0.3 is 26.6 Å². The summed E-state index contributed by atoms with van der Waals surface area (Å²) >= 11 is 5.69. The first-order valence-corrected chi connectivity index (χ1v) is 12.7. The van der Waals surface area contributed by atoms with Crippen molar-refractivity contribution in [3.8, 4) is 0 Å². The Bertz CT molecular complexity index is 1320. The standard InChI is InChI=1S/C21H26N5O5.C7H7ClN.Y/c1-25(2)11-18(28)14-6-13(10-22)7-15(8-14)23-16(12-27)9-20(30)26(3)17-4-5-19(29)24-21(17)31;1-5-2-3-6(9)4-7(5)8;/h6-9,12,17,22-23H,4-5,10-11H2,1-3H3,(H,24,29,31);2-4,9H,1H3;/q2*-1;/b16-9+;;. The third-order valence-electron chi connectivity index (χ3n) is 5.87. The van der Waals surface area contributed by atoms with Crippen molar-refractivity contribution in [2.45, 2.75) is 32.4 Å². The zero-order valence-electron chi connectivity index (χ0n) is 23.4. The van der Waals surface area contributed by atoms with Crippen molar-refractivity contribution in [2.24, 2.45) is 0 Å². The van der Waals surface area contributed by atoms with Gasteiger partial charge in [0.05, 0.1) is 12.2 Å². The number of piperidine rings is 1. The van der Waals surface area contributed by atoms with Crippen molar-refractivity contribution in [2.75, 3.05) is 33.0 Å². The molecule has 1 saturated heterocycles. The summed E-state index contributed by atoms with van der Waals surface area (Å²) in [6.45, 7) is 2.05. The molecule has 217 valence electrons. The smallest absolute Gasteiger partial charge is 0.249 e. The summed E-state index contributed by atoms with van der Waals surface area (Å²) in [6.07, 6.45) is 1.82. The minimum Gasteiger partial charge on any atom is -0.699 e. The minimum atomic E-state index is -0.809. The number of amides is 3. The van der Waals surface area contributed by atoms with Crippen LogP contribution in [-0.2, 0) is 58.4 Å². The zero-order chi connectivity index (χ0) is 30.0. The van der Waals surface area contributed by atoms with Crippen molar-refractivity contribution in [1.29, 1.82) is 0 Å². The number of benzene rings is 2. The van der Waals surface area contributed by atoms with Gasteiger partial charge in [-0.25, -0.2) is 0 Å². The van der Waals surface area contributed by atoms with Crippen LogP contribution >= 0.6 is 11.6 Å². The van der Waals surface area contributed by atoms with Gasteiger partial charge in [-0.2, -0.15) is 0 Å². The Morgan fingerprint density at radius 1 is 1.15 bits per heavy atom. The molecule has 0 spiro atoms. The number of nitrogens with one attached hydrogen (secondary N) is 4. The van der Waals surface area contributed by atoms with Gasteiger partial charge in [-0.05, 0) is 51.2 Å². The van der Waals surface area contributed by atoms with Crippen LogP contribution in [0.25, 0.3) is 11.5 Å². The molecular weight excluding hydrogens is 625 g/mol. The summed E-state index contributed by atoms with van der Waals surface area (Å²) in [7, 11) is 4.95. The number of ketones is 1. The minimum absolute atomic E-state index is 0. The number of likely N-dealkylation sites (N-methyl/N-ethyl adjacent to an activating group) is 2. The molecule has 41 heavy (non-hydrogen) atoms. The fourth-order valence-electron chi connectivity index (χ4n) is 3.70. The number of carbonyl (C=O) groups is 5. The molecule has 1 unspecified atom stereocenters. The molecule has 1 fully saturated rings. The number of carbonyl (C=O) groups excluding carboxylic acids is 5. The molecule has 0 bridgehead atoms. The van der Waals surface area contributed by atoms with Gasteiger partial charge in [-0.15, -0.1) is 12.2 Å². The molecule has 1 aliphatic rings. The van der Waals surface area contributed by atoms with Gasteiger partial charge in [0.1, 0.15) is 6.04 Å². The van der Waals surface area contributed by atoms with E-state index in [1.54, 1.807) is 49.3 Å². The maximum Gasteiger partial charge on any atom is 0.249 e. The summed E-state index contributed by atoms with van der Waals surface area (Å²) in [5, 5.41) is 5.65. The number of hydrogen-bond acceptors (Lipinski definition) is 7. The molecule has 0 aliphatic carbocycles. The van der Waals surface area contributed by atoms with E-state index in [0.717, 1.165) is 11.6 Å². The summed E-state index contributed by atoms with van der Waals surface area (Å²) in [4.78, 5) is 62.6. The molecule has 1 atom stereocenters. The monoisotopic (exact) mass is 657 g/mol. The predicted molar refractivity (Wildman–Crippen MR) is 154 cm³/mol. The molecule has 11 nitrogen and oxygen atoms in total. The van der Waals surface area contributed by atoms with Crippen molar-refractivity contribution in [1.82, 2.24) is 15.1 Å². The molecule has 2 aromatic carbocycles. The van der Waals surface area contributed by atoms with Gasteiger partial charge >= 0.3 is 0 Å². The fraction of sp³-hybridized carbons (Fsp3) is 0.321. The molecular formula is C28H33ClN6O5Y-2. The molecule has 13 heteroatoms. The first kappa shape index (κ1) is 36.1. The Kier molecular flexibility index (Phi) is 15.0.